The van der Waals surface area contributed by atoms with Crippen LogP contribution in [0, 0.1) is 0 Å². The maximum atomic E-state index is 8.59. The first-order chi connectivity index (χ1) is 9.60. The van der Waals surface area contributed by atoms with Gasteiger partial charge in [0.15, 0.2) is 5.84 Å². The highest BCUT2D eigenvalue weighted by Crippen LogP contribution is 2.29. The highest BCUT2D eigenvalue weighted by Gasteiger charge is 2.02. The van der Waals surface area contributed by atoms with Crippen molar-refractivity contribution in [3.63, 3.8) is 0 Å². The molecule has 0 spiro atoms. The van der Waals surface area contributed by atoms with E-state index in [0.717, 1.165) is 16.2 Å². The molecule has 0 heterocycles. The van der Waals surface area contributed by atoms with E-state index in [4.69, 9.17) is 34.1 Å². The summed E-state index contributed by atoms with van der Waals surface area (Å²) in [5, 5.41) is 12.7. The fourth-order valence-electron chi connectivity index (χ4n) is 1.56. The Balaban J connectivity index is 2.02. The summed E-state index contributed by atoms with van der Waals surface area (Å²) < 4.78 is 0. The molecule has 0 saturated heterocycles. The Kier molecular flexibility index (Phi) is 5.17. The van der Waals surface area contributed by atoms with Gasteiger partial charge in [0.2, 0.25) is 0 Å². The van der Waals surface area contributed by atoms with E-state index in [1.165, 1.54) is 0 Å². The number of hydrogen-bond acceptors (Lipinski definition) is 3. The van der Waals surface area contributed by atoms with Gasteiger partial charge in [-0.25, -0.2) is 0 Å². The second-order valence-corrected chi connectivity index (χ2v) is 5.91. The Bertz CT molecular complexity index is 630. The topological polar surface area (TPSA) is 58.6 Å². The van der Waals surface area contributed by atoms with Gasteiger partial charge >= 0.3 is 0 Å². The molecule has 20 heavy (non-hydrogen) atoms. The van der Waals surface area contributed by atoms with Crippen LogP contribution in [0.25, 0.3) is 0 Å². The minimum Gasteiger partial charge on any atom is -0.409 e. The zero-order valence-corrected chi connectivity index (χ0v) is 12.7. The van der Waals surface area contributed by atoms with Gasteiger partial charge in [-0.15, -0.1) is 11.8 Å². The predicted molar refractivity (Wildman–Crippen MR) is 85.0 cm³/mol. The van der Waals surface area contributed by atoms with Crippen LogP contribution in [0.5, 0.6) is 0 Å². The molecule has 0 bridgehead atoms. The maximum Gasteiger partial charge on any atom is 0.170 e. The average molecular weight is 327 g/mol. The Morgan fingerprint density at radius 1 is 1.10 bits per heavy atom. The third-order valence-corrected chi connectivity index (χ3v) is 4.46. The molecule has 104 valence electrons. The second-order valence-electron chi connectivity index (χ2n) is 4.05. The number of nitrogens with zero attached hydrogens (tertiary/aromatic N) is 1. The fourth-order valence-corrected chi connectivity index (χ4v) is 2.82. The summed E-state index contributed by atoms with van der Waals surface area (Å²) in [7, 11) is 0. The van der Waals surface area contributed by atoms with E-state index in [1.54, 1.807) is 17.8 Å². The maximum absolute atomic E-state index is 8.59. The van der Waals surface area contributed by atoms with E-state index in [9.17, 15) is 0 Å². The molecule has 3 N–H and O–H groups in total. The van der Waals surface area contributed by atoms with Crippen LogP contribution in [-0.2, 0) is 5.75 Å². The van der Waals surface area contributed by atoms with Gasteiger partial charge in [0.05, 0.1) is 10.0 Å². The van der Waals surface area contributed by atoms with E-state index in [-0.39, 0.29) is 5.84 Å². The first-order valence-electron chi connectivity index (χ1n) is 5.75. The number of nitrogens with two attached hydrogens (primary N) is 1. The highest BCUT2D eigenvalue weighted by atomic mass is 35.5. The molecular formula is C14H12Cl2N2OS. The van der Waals surface area contributed by atoms with E-state index in [0.29, 0.717) is 15.6 Å². The molecular weight excluding hydrogens is 315 g/mol. The van der Waals surface area contributed by atoms with Gasteiger partial charge in [0.1, 0.15) is 0 Å². The average Bonchev–Trinajstić information content (AvgIpc) is 2.48. The smallest absolute Gasteiger partial charge is 0.170 e. The Labute approximate surface area is 131 Å². The summed E-state index contributed by atoms with van der Waals surface area (Å²) in [5.74, 6) is 0.905. The third-order valence-electron chi connectivity index (χ3n) is 2.65. The summed E-state index contributed by atoms with van der Waals surface area (Å²) in [6.45, 7) is 0. The number of thioether (sulfide) groups is 1. The van der Waals surface area contributed by atoms with Crippen molar-refractivity contribution in [3.8, 4) is 0 Å². The zero-order valence-electron chi connectivity index (χ0n) is 10.4. The van der Waals surface area contributed by atoms with Crippen molar-refractivity contribution >= 4 is 40.8 Å². The van der Waals surface area contributed by atoms with Crippen LogP contribution in [0.2, 0.25) is 10.0 Å². The van der Waals surface area contributed by atoms with E-state index in [2.05, 4.69) is 5.16 Å². The summed E-state index contributed by atoms with van der Waals surface area (Å²) in [5.41, 5.74) is 7.33. The lowest BCUT2D eigenvalue weighted by Crippen LogP contribution is -2.12. The predicted octanol–water partition coefficient (Wildman–Crippen LogP) is 4.38. The van der Waals surface area contributed by atoms with E-state index in [1.807, 2.05) is 36.4 Å². The van der Waals surface area contributed by atoms with Gasteiger partial charge in [-0.2, -0.15) is 0 Å². The van der Waals surface area contributed by atoms with Crippen LogP contribution in [0.1, 0.15) is 11.1 Å². The van der Waals surface area contributed by atoms with Crippen molar-refractivity contribution in [3.05, 3.63) is 63.6 Å². The molecule has 3 nitrogen and oxygen atoms in total. The van der Waals surface area contributed by atoms with Crippen molar-refractivity contribution in [1.29, 1.82) is 0 Å². The molecule has 2 aromatic carbocycles. The van der Waals surface area contributed by atoms with Gasteiger partial charge in [0.25, 0.3) is 0 Å². The van der Waals surface area contributed by atoms with Crippen molar-refractivity contribution in [1.82, 2.24) is 0 Å². The zero-order chi connectivity index (χ0) is 14.5. The normalized spacial score (nSPS) is 11.6. The molecule has 0 saturated carbocycles. The third kappa shape index (κ3) is 3.82. The first kappa shape index (κ1) is 15.0. The van der Waals surface area contributed by atoms with Crippen molar-refractivity contribution in [2.75, 3.05) is 0 Å². The molecule has 2 aromatic rings. The van der Waals surface area contributed by atoms with Crippen LogP contribution in [0.15, 0.2) is 52.5 Å². The summed E-state index contributed by atoms with van der Waals surface area (Å²) >= 11 is 13.5. The van der Waals surface area contributed by atoms with Gasteiger partial charge in [-0.1, -0.05) is 52.6 Å². The van der Waals surface area contributed by atoms with E-state index >= 15 is 0 Å². The van der Waals surface area contributed by atoms with Crippen LogP contribution in [0.3, 0.4) is 0 Å². The highest BCUT2D eigenvalue weighted by molar-refractivity contribution is 7.98. The number of hydrogen-bond donors (Lipinski definition) is 2. The summed E-state index contributed by atoms with van der Waals surface area (Å²) in [4.78, 5) is 1.06. The monoisotopic (exact) mass is 326 g/mol. The summed E-state index contributed by atoms with van der Waals surface area (Å²) in [6, 6.07) is 13.1. The van der Waals surface area contributed by atoms with Crippen molar-refractivity contribution in [2.24, 2.45) is 10.9 Å². The van der Waals surface area contributed by atoms with Crippen LogP contribution in [-0.4, -0.2) is 11.0 Å². The van der Waals surface area contributed by atoms with Crippen LogP contribution < -0.4 is 5.73 Å². The Morgan fingerprint density at radius 3 is 2.40 bits per heavy atom. The molecule has 6 heteroatoms. The van der Waals surface area contributed by atoms with Crippen molar-refractivity contribution < 1.29 is 5.21 Å². The SMILES string of the molecule is NC(=NO)c1ccc(CSc2ccc(Cl)c(Cl)c2)cc1. The van der Waals surface area contributed by atoms with Crippen molar-refractivity contribution in [2.45, 2.75) is 10.6 Å². The molecule has 0 radical (unpaired) electrons. The van der Waals surface area contributed by atoms with E-state index < -0.39 is 0 Å². The Hall–Kier alpha value is -1.36. The lowest BCUT2D eigenvalue weighted by molar-refractivity contribution is 0.318. The van der Waals surface area contributed by atoms with Gasteiger partial charge in [0, 0.05) is 16.2 Å². The van der Waals surface area contributed by atoms with Gasteiger partial charge in [-0.05, 0) is 23.8 Å². The van der Waals surface area contributed by atoms with Crippen LogP contribution >= 0.6 is 35.0 Å². The number of rotatable bonds is 4. The van der Waals surface area contributed by atoms with Crippen LogP contribution in [0.4, 0.5) is 0 Å². The first-order valence-corrected chi connectivity index (χ1v) is 7.49. The molecule has 0 unspecified atom stereocenters. The largest absolute Gasteiger partial charge is 0.409 e. The fraction of sp³-hybridized carbons (Fsp3) is 0.0714. The minimum atomic E-state index is 0.105. The quantitative estimate of drug-likeness (QED) is 0.288. The standard InChI is InChI=1S/C14H12Cl2N2OS/c15-12-6-5-11(7-13(12)16)20-8-9-1-3-10(4-2-9)14(17)18-19/h1-7,19H,8H2,(H2,17,18). The van der Waals surface area contributed by atoms with Gasteiger partial charge in [-0.3, -0.25) is 0 Å². The second kappa shape index (κ2) is 6.88. The number of halogens is 2. The summed E-state index contributed by atoms with van der Waals surface area (Å²) in [6.07, 6.45) is 0. The molecule has 2 rings (SSSR count). The molecule has 0 aromatic heterocycles. The minimum absolute atomic E-state index is 0.105. The molecule has 0 atom stereocenters. The number of amidine groups is 1. The molecule has 0 amide bonds. The lowest BCUT2D eigenvalue weighted by Gasteiger charge is -2.05. The lowest BCUT2D eigenvalue weighted by atomic mass is 10.1. The van der Waals surface area contributed by atoms with Gasteiger partial charge < -0.3 is 10.9 Å². The molecule has 0 fully saturated rings. The molecule has 0 aliphatic carbocycles. The number of oxime groups is 1. The Morgan fingerprint density at radius 2 is 1.80 bits per heavy atom. The number of benzene rings is 2. The molecule has 0 aliphatic rings. The molecule has 0 aliphatic heterocycles.